The fraction of sp³-hybridized carbons (Fsp3) is 0.889. The van der Waals surface area contributed by atoms with Gasteiger partial charge in [-0.1, -0.05) is 0 Å². The first-order valence-electron chi connectivity index (χ1n) is 4.81. The Balaban J connectivity index is 2.46. The molecule has 0 bridgehead atoms. The van der Waals surface area contributed by atoms with Crippen LogP contribution in [0.2, 0.25) is 0 Å². The Morgan fingerprint density at radius 2 is 2.50 bits per heavy atom. The van der Waals surface area contributed by atoms with Crippen molar-refractivity contribution in [1.29, 1.82) is 0 Å². The minimum atomic E-state index is 0.152. The largest absolute Gasteiger partial charge is 0.382 e. The number of nitrogens with one attached hydrogen (secondary N) is 1. The summed E-state index contributed by atoms with van der Waals surface area (Å²) in [6, 6.07) is 0. The number of guanidine groups is 1. The molecule has 0 radical (unpaired) electrons. The van der Waals surface area contributed by atoms with E-state index in [2.05, 4.69) is 15.2 Å². The molecule has 0 aromatic rings. The molecular formula is C9H19N3O2. The highest BCUT2D eigenvalue weighted by Gasteiger charge is 2.21. The van der Waals surface area contributed by atoms with E-state index in [1.807, 2.05) is 7.05 Å². The molecule has 0 spiro atoms. The third-order valence-corrected chi connectivity index (χ3v) is 2.23. The molecule has 5 nitrogen and oxygen atoms in total. The summed E-state index contributed by atoms with van der Waals surface area (Å²) in [4.78, 5) is 6.33. The molecule has 1 rings (SSSR count). The minimum absolute atomic E-state index is 0.152. The fourth-order valence-corrected chi connectivity index (χ4v) is 1.61. The van der Waals surface area contributed by atoms with Crippen LogP contribution in [0, 0.1) is 0 Å². The number of hydrogen-bond donors (Lipinski definition) is 1. The molecule has 1 aliphatic heterocycles. The Bertz CT molecular complexity index is 194. The molecule has 1 aliphatic rings. The SMILES string of the molecule is CN=C(NC)N1CCOC(COC)C1. The summed E-state index contributed by atoms with van der Waals surface area (Å²) in [6.07, 6.45) is 0.152. The van der Waals surface area contributed by atoms with Gasteiger partial charge in [-0.25, -0.2) is 0 Å². The molecule has 0 aromatic carbocycles. The molecule has 1 saturated heterocycles. The summed E-state index contributed by atoms with van der Waals surface area (Å²) in [6.45, 7) is 3.08. The number of ether oxygens (including phenoxy) is 2. The van der Waals surface area contributed by atoms with Gasteiger partial charge < -0.3 is 19.7 Å². The maximum Gasteiger partial charge on any atom is 0.193 e. The summed E-state index contributed by atoms with van der Waals surface area (Å²) in [5, 5.41) is 3.06. The van der Waals surface area contributed by atoms with Gasteiger partial charge in [0.25, 0.3) is 0 Å². The molecule has 1 heterocycles. The molecule has 5 heteroatoms. The van der Waals surface area contributed by atoms with Crippen LogP contribution in [0.5, 0.6) is 0 Å². The molecule has 1 atom stereocenters. The van der Waals surface area contributed by atoms with Gasteiger partial charge in [-0.15, -0.1) is 0 Å². The Morgan fingerprint density at radius 3 is 3.07 bits per heavy atom. The van der Waals surface area contributed by atoms with Crippen molar-refractivity contribution >= 4 is 5.96 Å². The average Bonchev–Trinajstić information content (AvgIpc) is 2.21. The van der Waals surface area contributed by atoms with E-state index in [1.54, 1.807) is 14.2 Å². The number of hydrogen-bond acceptors (Lipinski definition) is 3. The quantitative estimate of drug-likeness (QED) is 0.485. The van der Waals surface area contributed by atoms with Crippen molar-refractivity contribution < 1.29 is 9.47 Å². The Hall–Kier alpha value is -0.810. The second kappa shape index (κ2) is 5.82. The van der Waals surface area contributed by atoms with Crippen LogP contribution in [-0.4, -0.2) is 64.5 Å². The molecule has 0 amide bonds. The molecule has 0 aromatic heterocycles. The summed E-state index contributed by atoms with van der Waals surface area (Å²) in [5.41, 5.74) is 0. The lowest BCUT2D eigenvalue weighted by Crippen LogP contribution is -2.50. The van der Waals surface area contributed by atoms with Gasteiger partial charge in [0, 0.05) is 34.3 Å². The molecule has 0 saturated carbocycles. The Kier molecular flexibility index (Phi) is 4.69. The molecule has 1 N–H and O–H groups in total. The van der Waals surface area contributed by atoms with Gasteiger partial charge in [0.1, 0.15) is 0 Å². The zero-order valence-electron chi connectivity index (χ0n) is 9.12. The van der Waals surface area contributed by atoms with Crippen LogP contribution in [0.15, 0.2) is 4.99 Å². The molecule has 0 aliphatic carbocycles. The molecule has 1 fully saturated rings. The van der Waals surface area contributed by atoms with Gasteiger partial charge in [-0.3, -0.25) is 4.99 Å². The Morgan fingerprint density at radius 1 is 1.71 bits per heavy atom. The average molecular weight is 201 g/mol. The third-order valence-electron chi connectivity index (χ3n) is 2.23. The first-order chi connectivity index (χ1) is 6.81. The lowest BCUT2D eigenvalue weighted by molar-refractivity contribution is -0.0446. The van der Waals surface area contributed by atoms with E-state index in [0.29, 0.717) is 6.61 Å². The van der Waals surface area contributed by atoms with Crippen molar-refractivity contribution in [2.45, 2.75) is 6.10 Å². The highest BCUT2D eigenvalue weighted by molar-refractivity contribution is 5.79. The zero-order valence-corrected chi connectivity index (χ0v) is 9.12. The molecule has 1 unspecified atom stereocenters. The van der Waals surface area contributed by atoms with E-state index in [4.69, 9.17) is 9.47 Å². The molecular weight excluding hydrogens is 182 g/mol. The van der Waals surface area contributed by atoms with E-state index in [0.717, 1.165) is 25.7 Å². The molecule has 14 heavy (non-hydrogen) atoms. The maximum absolute atomic E-state index is 5.54. The van der Waals surface area contributed by atoms with Crippen molar-refractivity contribution in [2.24, 2.45) is 4.99 Å². The molecule has 82 valence electrons. The predicted molar refractivity (Wildman–Crippen MR) is 55.6 cm³/mol. The first-order valence-corrected chi connectivity index (χ1v) is 4.81. The van der Waals surface area contributed by atoms with Gasteiger partial charge in [-0.2, -0.15) is 0 Å². The van der Waals surface area contributed by atoms with Gasteiger partial charge in [0.15, 0.2) is 5.96 Å². The van der Waals surface area contributed by atoms with Crippen LogP contribution in [0.25, 0.3) is 0 Å². The Labute approximate surface area is 85.1 Å². The van der Waals surface area contributed by atoms with Crippen molar-refractivity contribution in [2.75, 3.05) is 47.5 Å². The van der Waals surface area contributed by atoms with Gasteiger partial charge in [-0.05, 0) is 0 Å². The number of morpholine rings is 1. The van der Waals surface area contributed by atoms with E-state index in [1.165, 1.54) is 0 Å². The van der Waals surface area contributed by atoms with Crippen LogP contribution in [-0.2, 0) is 9.47 Å². The topological polar surface area (TPSA) is 46.1 Å². The summed E-state index contributed by atoms with van der Waals surface area (Å²) >= 11 is 0. The van der Waals surface area contributed by atoms with Crippen LogP contribution >= 0.6 is 0 Å². The number of nitrogens with zero attached hydrogens (tertiary/aromatic N) is 2. The van der Waals surface area contributed by atoms with E-state index in [-0.39, 0.29) is 6.10 Å². The number of aliphatic imine (C=N–C) groups is 1. The highest BCUT2D eigenvalue weighted by Crippen LogP contribution is 2.05. The lowest BCUT2D eigenvalue weighted by atomic mass is 10.3. The van der Waals surface area contributed by atoms with Crippen molar-refractivity contribution in [1.82, 2.24) is 10.2 Å². The van der Waals surface area contributed by atoms with E-state index < -0.39 is 0 Å². The van der Waals surface area contributed by atoms with Crippen molar-refractivity contribution in [3.63, 3.8) is 0 Å². The van der Waals surface area contributed by atoms with Crippen LogP contribution in [0.1, 0.15) is 0 Å². The number of methoxy groups -OCH3 is 1. The van der Waals surface area contributed by atoms with Gasteiger partial charge >= 0.3 is 0 Å². The maximum atomic E-state index is 5.54. The minimum Gasteiger partial charge on any atom is -0.382 e. The van der Waals surface area contributed by atoms with E-state index in [9.17, 15) is 0 Å². The standard InChI is InChI=1S/C9H19N3O2/c1-10-9(11-2)12-4-5-14-8(6-12)7-13-3/h8H,4-7H2,1-3H3,(H,10,11). The highest BCUT2D eigenvalue weighted by atomic mass is 16.5. The normalized spacial score (nSPS) is 23.8. The summed E-state index contributed by atoms with van der Waals surface area (Å²) in [5.74, 6) is 0.911. The van der Waals surface area contributed by atoms with Gasteiger partial charge in [0.2, 0.25) is 0 Å². The van der Waals surface area contributed by atoms with E-state index >= 15 is 0 Å². The number of rotatable bonds is 2. The second-order valence-corrected chi connectivity index (χ2v) is 3.19. The van der Waals surface area contributed by atoms with Gasteiger partial charge in [0.05, 0.1) is 19.3 Å². The third kappa shape index (κ3) is 2.85. The smallest absolute Gasteiger partial charge is 0.193 e. The van der Waals surface area contributed by atoms with Crippen LogP contribution in [0.3, 0.4) is 0 Å². The van der Waals surface area contributed by atoms with Crippen LogP contribution in [0.4, 0.5) is 0 Å². The lowest BCUT2D eigenvalue weighted by Gasteiger charge is -2.34. The van der Waals surface area contributed by atoms with Crippen molar-refractivity contribution in [3.8, 4) is 0 Å². The monoisotopic (exact) mass is 201 g/mol. The zero-order chi connectivity index (χ0) is 10.4. The first kappa shape index (κ1) is 11.3. The summed E-state index contributed by atoms with van der Waals surface area (Å²) in [7, 11) is 5.35. The predicted octanol–water partition coefficient (Wildman–Crippen LogP) is -0.461. The van der Waals surface area contributed by atoms with Crippen LogP contribution < -0.4 is 5.32 Å². The fourth-order valence-electron chi connectivity index (χ4n) is 1.61. The summed E-state index contributed by atoms with van der Waals surface area (Å²) < 4.78 is 10.6. The second-order valence-electron chi connectivity index (χ2n) is 3.19. The van der Waals surface area contributed by atoms with Crippen molar-refractivity contribution in [3.05, 3.63) is 0 Å².